The van der Waals surface area contributed by atoms with E-state index in [-0.39, 0.29) is 5.56 Å². The quantitative estimate of drug-likeness (QED) is 0.675. The first-order valence-electron chi connectivity index (χ1n) is 10.1. The molecule has 2 heterocycles. The van der Waals surface area contributed by atoms with E-state index in [4.69, 9.17) is 11.6 Å². The topological polar surface area (TPSA) is 49.0 Å². The Morgan fingerprint density at radius 2 is 1.90 bits per heavy atom. The molecule has 0 amide bonds. The Labute approximate surface area is 174 Å². The fourth-order valence-corrected chi connectivity index (χ4v) is 4.58. The summed E-state index contributed by atoms with van der Waals surface area (Å²) >= 11 is 6.27. The molecule has 1 N–H and O–H groups in total. The van der Waals surface area contributed by atoms with Gasteiger partial charge in [-0.15, -0.1) is 0 Å². The fraction of sp³-hybridized carbons (Fsp3) is 0.250. The first-order valence-corrected chi connectivity index (χ1v) is 10.4. The maximum Gasteiger partial charge on any atom is 0.259 e. The number of rotatable bonds is 3. The lowest BCUT2D eigenvalue weighted by molar-refractivity contribution is 0.250. The lowest BCUT2D eigenvalue weighted by Gasteiger charge is -2.30. The van der Waals surface area contributed by atoms with Crippen molar-refractivity contribution in [1.29, 1.82) is 0 Å². The molecule has 29 heavy (non-hydrogen) atoms. The van der Waals surface area contributed by atoms with E-state index in [9.17, 15) is 4.79 Å². The van der Waals surface area contributed by atoms with Crippen LogP contribution in [0.15, 0.2) is 65.5 Å². The number of nitrogens with zero attached hydrogens (tertiary/aromatic N) is 2. The molecule has 146 valence electrons. The van der Waals surface area contributed by atoms with Crippen LogP contribution < -0.4 is 5.56 Å². The van der Waals surface area contributed by atoms with Crippen LogP contribution in [0.3, 0.4) is 0 Å². The second-order valence-corrected chi connectivity index (χ2v) is 8.10. The summed E-state index contributed by atoms with van der Waals surface area (Å²) in [5, 5.41) is 1.05. The van der Waals surface area contributed by atoms with Gasteiger partial charge in [-0.2, -0.15) is 0 Å². The molecular weight excluding hydrogens is 382 g/mol. The van der Waals surface area contributed by atoms with Crippen LogP contribution in [0.25, 0.3) is 22.0 Å². The number of aromatic amines is 1. The van der Waals surface area contributed by atoms with Gasteiger partial charge in [-0.05, 0) is 48.1 Å². The van der Waals surface area contributed by atoms with E-state index in [1.54, 1.807) is 18.2 Å². The van der Waals surface area contributed by atoms with Crippen molar-refractivity contribution in [2.75, 3.05) is 13.1 Å². The minimum Gasteiger partial charge on any atom is -0.306 e. The molecule has 1 aromatic heterocycles. The Hall–Kier alpha value is -2.69. The second kappa shape index (κ2) is 7.62. The van der Waals surface area contributed by atoms with Crippen molar-refractivity contribution in [3.63, 3.8) is 0 Å². The molecule has 0 saturated carbocycles. The molecule has 0 bridgehead atoms. The lowest BCUT2D eigenvalue weighted by Crippen LogP contribution is -2.36. The van der Waals surface area contributed by atoms with Crippen LogP contribution in [0.2, 0.25) is 5.02 Å². The third-order valence-electron chi connectivity index (χ3n) is 5.95. The summed E-state index contributed by atoms with van der Waals surface area (Å²) in [5.74, 6) is 0.649. The molecule has 4 nitrogen and oxygen atoms in total. The maximum absolute atomic E-state index is 12.5. The summed E-state index contributed by atoms with van der Waals surface area (Å²) in [6.07, 6.45) is 7.64. The summed E-state index contributed by atoms with van der Waals surface area (Å²) < 4.78 is 0. The van der Waals surface area contributed by atoms with Gasteiger partial charge in [0, 0.05) is 19.1 Å². The Kier molecular flexibility index (Phi) is 4.82. The smallest absolute Gasteiger partial charge is 0.259 e. The van der Waals surface area contributed by atoms with Crippen molar-refractivity contribution in [3.05, 3.63) is 87.4 Å². The highest BCUT2D eigenvalue weighted by atomic mass is 35.5. The highest BCUT2D eigenvalue weighted by Gasteiger charge is 2.26. The van der Waals surface area contributed by atoms with Crippen LogP contribution in [0, 0.1) is 0 Å². The zero-order valence-corrected chi connectivity index (χ0v) is 16.8. The summed E-state index contributed by atoms with van der Waals surface area (Å²) in [7, 11) is 0. The van der Waals surface area contributed by atoms with Gasteiger partial charge in [0.1, 0.15) is 5.82 Å². The number of nitrogens with one attached hydrogen (secondary N) is 1. The number of hydrogen-bond acceptors (Lipinski definition) is 3. The standard InChI is InChI=1S/C24H22ClN3O/c25-21-8-4-7-20-22(21)26-23(27-24(20)29)18-9-10-19(15-18)28-13-11-17(12-14-28)16-5-2-1-3-6-16/h1-8,11,15,19H,9-10,12-14H2,(H,26,27,29)/t19-/m0/s1. The van der Waals surface area contributed by atoms with Gasteiger partial charge in [-0.25, -0.2) is 4.98 Å². The van der Waals surface area contributed by atoms with Crippen molar-refractivity contribution < 1.29 is 0 Å². The molecule has 1 atom stereocenters. The molecule has 2 aromatic carbocycles. The maximum atomic E-state index is 12.5. The van der Waals surface area contributed by atoms with Gasteiger partial charge in [0.2, 0.25) is 0 Å². The second-order valence-electron chi connectivity index (χ2n) is 7.69. The third-order valence-corrected chi connectivity index (χ3v) is 6.25. The van der Waals surface area contributed by atoms with Crippen LogP contribution in [0.4, 0.5) is 0 Å². The van der Waals surface area contributed by atoms with Crippen molar-refractivity contribution in [1.82, 2.24) is 14.9 Å². The molecule has 0 saturated heterocycles. The molecule has 0 spiro atoms. The molecule has 3 aromatic rings. The predicted octanol–water partition coefficient (Wildman–Crippen LogP) is 4.91. The first-order chi connectivity index (χ1) is 14.2. The molecule has 5 rings (SSSR count). The minimum atomic E-state index is -0.134. The van der Waals surface area contributed by atoms with Gasteiger partial charge in [0.05, 0.1) is 15.9 Å². The normalized spacial score (nSPS) is 20.0. The van der Waals surface area contributed by atoms with Crippen LogP contribution in [0.5, 0.6) is 0 Å². The van der Waals surface area contributed by atoms with Gasteiger partial charge in [0.25, 0.3) is 5.56 Å². The summed E-state index contributed by atoms with van der Waals surface area (Å²) in [6.45, 7) is 1.99. The van der Waals surface area contributed by atoms with E-state index in [2.05, 4.69) is 57.4 Å². The highest BCUT2D eigenvalue weighted by molar-refractivity contribution is 6.35. The fourth-order valence-electron chi connectivity index (χ4n) is 4.37. The molecule has 0 unspecified atom stereocenters. The number of fused-ring (bicyclic) bond motifs is 1. The number of benzene rings is 2. The van der Waals surface area contributed by atoms with Crippen LogP contribution in [-0.4, -0.2) is 34.0 Å². The average Bonchev–Trinajstić information content (AvgIpc) is 3.25. The largest absolute Gasteiger partial charge is 0.306 e. The number of hydrogen-bond donors (Lipinski definition) is 1. The lowest BCUT2D eigenvalue weighted by atomic mass is 9.98. The Balaban J connectivity index is 1.38. The molecule has 5 heteroatoms. The Morgan fingerprint density at radius 1 is 1.03 bits per heavy atom. The number of para-hydroxylation sites is 1. The Bertz CT molecular complexity index is 1180. The van der Waals surface area contributed by atoms with E-state index in [1.807, 2.05) is 0 Å². The number of halogens is 1. The summed E-state index contributed by atoms with van der Waals surface area (Å²) in [4.78, 5) is 22.6. The number of allylic oxidation sites excluding steroid dienone is 1. The SMILES string of the molecule is O=c1[nH]c(C2=C[C@@H](N3CC=C(c4ccccc4)CC3)CC2)nc2c(Cl)cccc12. The van der Waals surface area contributed by atoms with Gasteiger partial charge in [-0.3, -0.25) is 9.69 Å². The van der Waals surface area contributed by atoms with Gasteiger partial charge in [0.15, 0.2) is 0 Å². The van der Waals surface area contributed by atoms with Crippen LogP contribution >= 0.6 is 11.6 Å². The van der Waals surface area contributed by atoms with E-state index >= 15 is 0 Å². The summed E-state index contributed by atoms with van der Waals surface area (Å²) in [6, 6.07) is 16.3. The van der Waals surface area contributed by atoms with E-state index in [0.717, 1.165) is 37.9 Å². The monoisotopic (exact) mass is 403 g/mol. The molecule has 0 radical (unpaired) electrons. The van der Waals surface area contributed by atoms with E-state index < -0.39 is 0 Å². The van der Waals surface area contributed by atoms with E-state index in [1.165, 1.54) is 11.1 Å². The first kappa shape index (κ1) is 18.3. The highest BCUT2D eigenvalue weighted by Crippen LogP contribution is 2.32. The molecular formula is C24H22ClN3O. The number of aromatic nitrogens is 2. The van der Waals surface area contributed by atoms with E-state index in [0.29, 0.717) is 27.8 Å². The number of H-pyrrole nitrogens is 1. The Morgan fingerprint density at radius 3 is 2.69 bits per heavy atom. The van der Waals surface area contributed by atoms with Crippen molar-refractivity contribution in [2.24, 2.45) is 0 Å². The summed E-state index contributed by atoms with van der Waals surface area (Å²) in [5.41, 5.74) is 4.30. The third kappa shape index (κ3) is 3.54. The zero-order chi connectivity index (χ0) is 19.8. The van der Waals surface area contributed by atoms with Crippen molar-refractivity contribution in [3.8, 4) is 0 Å². The molecule has 2 aliphatic rings. The predicted molar refractivity (Wildman–Crippen MR) is 119 cm³/mol. The molecule has 1 aliphatic carbocycles. The van der Waals surface area contributed by atoms with Crippen LogP contribution in [-0.2, 0) is 0 Å². The van der Waals surface area contributed by atoms with Gasteiger partial charge < -0.3 is 4.98 Å². The molecule has 0 fully saturated rings. The van der Waals surface area contributed by atoms with Crippen molar-refractivity contribution in [2.45, 2.75) is 25.3 Å². The zero-order valence-electron chi connectivity index (χ0n) is 16.1. The molecule has 1 aliphatic heterocycles. The van der Waals surface area contributed by atoms with Crippen LogP contribution in [0.1, 0.15) is 30.7 Å². The van der Waals surface area contributed by atoms with Gasteiger partial charge in [-0.1, -0.05) is 60.2 Å². The van der Waals surface area contributed by atoms with Gasteiger partial charge >= 0.3 is 0 Å². The average molecular weight is 404 g/mol. The van der Waals surface area contributed by atoms with Crippen molar-refractivity contribution >= 4 is 33.7 Å². The minimum absolute atomic E-state index is 0.134.